The number of aliphatic imine (C=N–C) groups is 1. The molecule has 0 bridgehead atoms. The molecule has 1 aromatic heterocycles. The minimum atomic E-state index is -0.0847. The number of hydrogen-bond acceptors (Lipinski definition) is 7. The normalized spacial score (nSPS) is 15.6. The quantitative estimate of drug-likeness (QED) is 0.216. The third kappa shape index (κ3) is 5.52. The summed E-state index contributed by atoms with van der Waals surface area (Å²) in [4.78, 5) is 4.85. The Kier molecular flexibility index (Phi) is 7.25. The maximum atomic E-state index is 5.56. The number of benzene rings is 3. The van der Waals surface area contributed by atoms with Gasteiger partial charge in [-0.3, -0.25) is 0 Å². The van der Waals surface area contributed by atoms with Gasteiger partial charge in [-0.2, -0.15) is 10.1 Å². The smallest absolute Gasteiger partial charge is 0.234 e. The molecule has 2 heterocycles. The molecule has 7 nitrogen and oxygen atoms in total. The van der Waals surface area contributed by atoms with E-state index in [0.29, 0.717) is 11.1 Å². The van der Waals surface area contributed by atoms with E-state index in [1.54, 1.807) is 18.9 Å². The number of nitrogens with zero attached hydrogens (tertiary/aromatic N) is 5. The van der Waals surface area contributed by atoms with Gasteiger partial charge in [-0.05, 0) is 68.1 Å². The van der Waals surface area contributed by atoms with E-state index in [2.05, 4.69) is 77.9 Å². The maximum absolute atomic E-state index is 5.56. The fourth-order valence-electron chi connectivity index (χ4n) is 4.02. The number of anilines is 1. The molecule has 1 aliphatic rings. The monoisotopic (exact) mass is 528 g/mol. The van der Waals surface area contributed by atoms with Crippen molar-refractivity contribution in [2.75, 3.05) is 12.4 Å². The van der Waals surface area contributed by atoms with E-state index in [-0.39, 0.29) is 5.37 Å². The summed E-state index contributed by atoms with van der Waals surface area (Å²) in [5.74, 6) is 1.45. The topological polar surface area (TPSA) is 75.0 Å². The summed E-state index contributed by atoms with van der Waals surface area (Å²) in [6.45, 7) is 8.15. The zero-order chi connectivity index (χ0) is 25.9. The van der Waals surface area contributed by atoms with Gasteiger partial charge in [0, 0.05) is 11.3 Å². The second-order valence-electron chi connectivity index (χ2n) is 8.72. The Hall–Kier alpha value is -3.69. The highest BCUT2D eigenvalue weighted by Crippen LogP contribution is 2.41. The van der Waals surface area contributed by atoms with Crippen molar-refractivity contribution in [1.29, 1.82) is 0 Å². The van der Waals surface area contributed by atoms with Gasteiger partial charge in [0.2, 0.25) is 11.1 Å². The molecular weight excluding hydrogens is 500 g/mol. The lowest BCUT2D eigenvalue weighted by molar-refractivity contribution is 0.416. The number of para-hydroxylation sites is 1. The van der Waals surface area contributed by atoms with E-state index in [1.807, 2.05) is 37.1 Å². The molecule has 0 amide bonds. The van der Waals surface area contributed by atoms with Gasteiger partial charge in [0.15, 0.2) is 0 Å². The number of nitrogens with one attached hydrogen (secondary N) is 1. The number of ether oxygens (including phenoxy) is 1. The summed E-state index contributed by atoms with van der Waals surface area (Å²) in [5, 5.41) is 21.0. The lowest BCUT2D eigenvalue weighted by Crippen LogP contribution is -2.32. The Bertz CT molecular complexity index is 1480. The largest absolute Gasteiger partial charge is 0.496 e. The molecule has 4 aromatic rings. The van der Waals surface area contributed by atoms with E-state index in [4.69, 9.17) is 14.8 Å². The molecule has 37 heavy (non-hydrogen) atoms. The summed E-state index contributed by atoms with van der Waals surface area (Å²) in [6.07, 6.45) is 0. The fourth-order valence-corrected chi connectivity index (χ4v) is 5.58. The number of aromatic nitrogens is 2. The standard InChI is InChI=1S/C28H28N6OS2/c1-17-10-15-23(16-18(17)2)29-27(30-28-32-31-19(3)37-28)34-26(36-20(4)33-34)22-13-11-21(12-14-22)24-8-6-7-9-25(24)35-5/h6-16,26H,1-5H3,(H,29,30,32). The molecular formula is C28H28N6OS2. The molecule has 3 aromatic carbocycles. The van der Waals surface area contributed by atoms with Crippen molar-refractivity contribution in [3.8, 4) is 16.9 Å². The molecule has 0 fully saturated rings. The van der Waals surface area contributed by atoms with Gasteiger partial charge < -0.3 is 10.1 Å². The van der Waals surface area contributed by atoms with Crippen molar-refractivity contribution in [2.24, 2.45) is 10.1 Å². The highest BCUT2D eigenvalue weighted by atomic mass is 32.2. The van der Waals surface area contributed by atoms with Gasteiger partial charge >= 0.3 is 0 Å². The Labute approximate surface area is 225 Å². The van der Waals surface area contributed by atoms with E-state index < -0.39 is 0 Å². The van der Waals surface area contributed by atoms with Crippen LogP contribution in [0.25, 0.3) is 11.1 Å². The van der Waals surface area contributed by atoms with Crippen molar-refractivity contribution >= 4 is 44.9 Å². The summed E-state index contributed by atoms with van der Waals surface area (Å²) in [6, 6.07) is 22.9. The van der Waals surface area contributed by atoms with Gasteiger partial charge in [-0.25, -0.2) is 5.01 Å². The molecule has 1 atom stereocenters. The van der Waals surface area contributed by atoms with Crippen LogP contribution in [0.1, 0.15) is 34.0 Å². The van der Waals surface area contributed by atoms with Crippen LogP contribution in [0.4, 0.5) is 10.8 Å². The molecule has 1 aliphatic heterocycles. The van der Waals surface area contributed by atoms with Crippen molar-refractivity contribution in [3.63, 3.8) is 0 Å². The lowest BCUT2D eigenvalue weighted by atomic mass is 10.0. The predicted molar refractivity (Wildman–Crippen MR) is 155 cm³/mol. The summed E-state index contributed by atoms with van der Waals surface area (Å²) >= 11 is 3.14. The van der Waals surface area contributed by atoms with E-state index in [1.165, 1.54) is 22.5 Å². The van der Waals surface area contributed by atoms with Crippen molar-refractivity contribution in [1.82, 2.24) is 15.2 Å². The summed E-state index contributed by atoms with van der Waals surface area (Å²) in [7, 11) is 1.70. The van der Waals surface area contributed by atoms with Crippen molar-refractivity contribution in [3.05, 3.63) is 88.4 Å². The second-order valence-corrected chi connectivity index (χ2v) is 11.2. The number of aryl methyl sites for hydroxylation is 3. The minimum absolute atomic E-state index is 0.0847. The molecule has 1 N–H and O–H groups in total. The Balaban J connectivity index is 1.49. The van der Waals surface area contributed by atoms with E-state index >= 15 is 0 Å². The first-order valence-corrected chi connectivity index (χ1v) is 13.6. The predicted octanol–water partition coefficient (Wildman–Crippen LogP) is 7.32. The number of rotatable bonds is 5. The highest BCUT2D eigenvalue weighted by Gasteiger charge is 2.31. The van der Waals surface area contributed by atoms with Crippen LogP contribution in [0.5, 0.6) is 5.75 Å². The molecule has 1 unspecified atom stereocenters. The molecule has 0 saturated heterocycles. The van der Waals surface area contributed by atoms with Gasteiger partial charge in [0.25, 0.3) is 0 Å². The van der Waals surface area contributed by atoms with Gasteiger partial charge in [-0.1, -0.05) is 71.6 Å². The number of thioether (sulfide) groups is 1. The Morgan fingerprint density at radius 3 is 2.43 bits per heavy atom. The van der Waals surface area contributed by atoms with Gasteiger partial charge in [0.1, 0.15) is 16.1 Å². The molecule has 188 valence electrons. The van der Waals surface area contributed by atoms with Crippen molar-refractivity contribution < 1.29 is 4.74 Å². The molecule has 0 spiro atoms. The average molecular weight is 529 g/mol. The van der Waals surface area contributed by atoms with Gasteiger partial charge in [-0.15, -0.1) is 10.2 Å². The molecule has 5 rings (SSSR count). The van der Waals surface area contributed by atoms with Crippen LogP contribution in [0, 0.1) is 20.8 Å². The van der Waals surface area contributed by atoms with Crippen LogP contribution in [0.2, 0.25) is 0 Å². The van der Waals surface area contributed by atoms with Crippen LogP contribution in [0.15, 0.2) is 76.8 Å². The highest BCUT2D eigenvalue weighted by molar-refractivity contribution is 8.14. The number of methoxy groups -OCH3 is 1. The molecule has 0 aliphatic carbocycles. The third-order valence-electron chi connectivity index (χ3n) is 6.06. The van der Waals surface area contributed by atoms with Crippen LogP contribution in [0.3, 0.4) is 0 Å². The lowest BCUT2D eigenvalue weighted by Gasteiger charge is -2.25. The number of hydrogen-bond donors (Lipinski definition) is 1. The van der Waals surface area contributed by atoms with Crippen LogP contribution >= 0.6 is 23.1 Å². The fraction of sp³-hybridized carbons (Fsp3) is 0.214. The maximum Gasteiger partial charge on any atom is 0.234 e. The first kappa shape index (κ1) is 25.0. The minimum Gasteiger partial charge on any atom is -0.496 e. The van der Waals surface area contributed by atoms with Crippen LogP contribution < -0.4 is 10.1 Å². The zero-order valence-corrected chi connectivity index (χ0v) is 23.0. The summed E-state index contributed by atoms with van der Waals surface area (Å²) in [5.41, 5.74) is 6.66. The first-order valence-electron chi connectivity index (χ1n) is 11.9. The van der Waals surface area contributed by atoms with Gasteiger partial charge in [0.05, 0.1) is 12.2 Å². The Morgan fingerprint density at radius 2 is 1.73 bits per heavy atom. The first-order chi connectivity index (χ1) is 17.9. The van der Waals surface area contributed by atoms with E-state index in [9.17, 15) is 0 Å². The van der Waals surface area contributed by atoms with E-state index in [0.717, 1.165) is 38.2 Å². The van der Waals surface area contributed by atoms with Crippen LogP contribution in [-0.4, -0.2) is 33.3 Å². The third-order valence-corrected chi connectivity index (χ3v) is 7.91. The summed E-state index contributed by atoms with van der Waals surface area (Å²) < 4.78 is 5.56. The van der Waals surface area contributed by atoms with Crippen LogP contribution in [-0.2, 0) is 0 Å². The second kappa shape index (κ2) is 10.7. The average Bonchev–Trinajstić information content (AvgIpc) is 3.50. The van der Waals surface area contributed by atoms with Crippen molar-refractivity contribution in [2.45, 2.75) is 33.1 Å². The molecule has 9 heteroatoms. The Morgan fingerprint density at radius 1 is 0.946 bits per heavy atom. The number of guanidine groups is 1. The number of hydrazone groups is 1. The SMILES string of the molecule is COc1ccccc1-c1ccc(C2SC(C)=NN2/C(=N/c2nnc(C)s2)Nc2ccc(C)c(C)c2)cc1. The zero-order valence-electron chi connectivity index (χ0n) is 21.4. The molecule has 0 saturated carbocycles. The molecule has 0 radical (unpaired) electrons.